The van der Waals surface area contributed by atoms with Crippen molar-refractivity contribution in [2.75, 3.05) is 40.0 Å². The summed E-state index contributed by atoms with van der Waals surface area (Å²) in [5, 5.41) is 2.98. The third kappa shape index (κ3) is 11.2. The second-order valence-corrected chi connectivity index (χ2v) is 8.82. The lowest BCUT2D eigenvalue weighted by Gasteiger charge is -2.32. The molecule has 0 rings (SSSR count). The zero-order valence-corrected chi connectivity index (χ0v) is 20.3. The Morgan fingerprint density at radius 3 is 1.90 bits per heavy atom. The molecule has 0 radical (unpaired) electrons. The normalized spacial score (nSPS) is 13.9. The minimum Gasteiger partial charge on any atom is -0.379 e. The van der Waals surface area contributed by atoms with Crippen molar-refractivity contribution >= 4 is 17.5 Å². The summed E-state index contributed by atoms with van der Waals surface area (Å²) in [5.74, 6) is 0.153. The summed E-state index contributed by atoms with van der Waals surface area (Å²) in [7, 11) is 1.90. The van der Waals surface area contributed by atoms with Crippen molar-refractivity contribution in [2.45, 2.75) is 73.4 Å². The maximum absolute atomic E-state index is 13.0. The third-order valence-electron chi connectivity index (χ3n) is 5.09. The number of carbonyl (C=O) groups is 3. The Bertz CT molecular complexity index is 520. The van der Waals surface area contributed by atoms with Crippen LogP contribution in [0.15, 0.2) is 0 Å². The maximum atomic E-state index is 13.0. The van der Waals surface area contributed by atoms with Gasteiger partial charge in [-0.3, -0.25) is 19.3 Å². The number of rotatable bonds is 17. The molecule has 0 unspecified atom stereocenters. The Kier molecular flexibility index (Phi) is 14.8. The van der Waals surface area contributed by atoms with E-state index in [0.29, 0.717) is 45.8 Å². The zero-order chi connectivity index (χ0) is 23.3. The highest BCUT2D eigenvalue weighted by molar-refractivity contribution is 5.92. The fraction of sp³-hybridized carbons (Fsp3) is 0.870. The number of nitrogens with one attached hydrogen (secondary N) is 1. The summed E-state index contributed by atoms with van der Waals surface area (Å²) >= 11 is 0. The molecule has 176 valence electrons. The van der Waals surface area contributed by atoms with E-state index in [1.165, 1.54) is 0 Å². The van der Waals surface area contributed by atoms with Crippen LogP contribution in [0.5, 0.6) is 0 Å². The topological polar surface area (TPSA) is 84.9 Å². The van der Waals surface area contributed by atoms with Crippen LogP contribution >= 0.6 is 0 Å². The number of ether oxygens (including phenoxy) is 2. The summed E-state index contributed by atoms with van der Waals surface area (Å²) in [4.78, 5) is 38.6. The van der Waals surface area contributed by atoms with E-state index in [2.05, 4.69) is 5.32 Å². The quantitative estimate of drug-likeness (QED) is 0.359. The SMILES string of the molecule is CCC(=O)CCOCCOCCN(C)[C@H](C(=O)N[C@H](C(=O)C(C)C)C(C)C)C(C)C. The first-order valence-corrected chi connectivity index (χ1v) is 11.2. The van der Waals surface area contributed by atoms with E-state index in [9.17, 15) is 14.4 Å². The molecule has 7 nitrogen and oxygen atoms in total. The van der Waals surface area contributed by atoms with E-state index in [0.717, 1.165) is 0 Å². The molecule has 0 aromatic carbocycles. The number of nitrogens with zero attached hydrogens (tertiary/aromatic N) is 1. The molecule has 0 aromatic heterocycles. The first kappa shape index (κ1) is 28.7. The van der Waals surface area contributed by atoms with Crippen LogP contribution in [0, 0.1) is 17.8 Å². The Balaban J connectivity index is 4.48. The Morgan fingerprint density at radius 2 is 1.43 bits per heavy atom. The van der Waals surface area contributed by atoms with E-state index in [1.54, 1.807) is 0 Å². The van der Waals surface area contributed by atoms with Gasteiger partial charge in [-0.1, -0.05) is 48.5 Å². The van der Waals surface area contributed by atoms with Crippen LogP contribution in [0.2, 0.25) is 0 Å². The van der Waals surface area contributed by atoms with Crippen molar-refractivity contribution < 1.29 is 23.9 Å². The molecule has 0 aliphatic rings. The molecule has 30 heavy (non-hydrogen) atoms. The molecule has 0 aliphatic carbocycles. The summed E-state index contributed by atoms with van der Waals surface area (Å²) in [5.41, 5.74) is 0. The Labute approximate surface area is 183 Å². The second-order valence-electron chi connectivity index (χ2n) is 8.82. The second kappa shape index (κ2) is 15.5. The maximum Gasteiger partial charge on any atom is 0.238 e. The molecule has 0 aromatic rings. The van der Waals surface area contributed by atoms with Crippen LogP contribution < -0.4 is 5.32 Å². The summed E-state index contributed by atoms with van der Waals surface area (Å²) < 4.78 is 11.0. The highest BCUT2D eigenvalue weighted by Gasteiger charge is 2.32. The van der Waals surface area contributed by atoms with Crippen molar-refractivity contribution in [1.82, 2.24) is 10.2 Å². The molecule has 0 aliphatic heterocycles. The molecule has 0 saturated carbocycles. The van der Waals surface area contributed by atoms with Gasteiger partial charge in [0.15, 0.2) is 5.78 Å². The molecular weight excluding hydrogens is 384 g/mol. The van der Waals surface area contributed by atoms with Crippen LogP contribution in [0.25, 0.3) is 0 Å². The van der Waals surface area contributed by atoms with E-state index in [-0.39, 0.29) is 41.3 Å². The van der Waals surface area contributed by atoms with Crippen molar-refractivity contribution in [3.8, 4) is 0 Å². The lowest BCUT2D eigenvalue weighted by molar-refractivity contribution is -0.134. The summed E-state index contributed by atoms with van der Waals surface area (Å²) in [6.07, 6.45) is 0.988. The van der Waals surface area contributed by atoms with Gasteiger partial charge in [-0.25, -0.2) is 0 Å². The van der Waals surface area contributed by atoms with Gasteiger partial charge in [0.05, 0.1) is 38.5 Å². The highest BCUT2D eigenvalue weighted by Crippen LogP contribution is 2.13. The zero-order valence-electron chi connectivity index (χ0n) is 20.3. The number of hydrogen-bond donors (Lipinski definition) is 1. The van der Waals surface area contributed by atoms with Crippen molar-refractivity contribution in [2.24, 2.45) is 17.8 Å². The Morgan fingerprint density at radius 1 is 0.867 bits per heavy atom. The van der Waals surface area contributed by atoms with Crippen LogP contribution in [0.4, 0.5) is 0 Å². The van der Waals surface area contributed by atoms with E-state index >= 15 is 0 Å². The molecule has 0 fully saturated rings. The number of amides is 1. The average Bonchev–Trinajstić information content (AvgIpc) is 2.66. The van der Waals surface area contributed by atoms with Gasteiger partial charge in [0.2, 0.25) is 5.91 Å². The molecule has 2 atom stereocenters. The van der Waals surface area contributed by atoms with E-state index < -0.39 is 6.04 Å². The minimum absolute atomic E-state index is 0.0397. The van der Waals surface area contributed by atoms with Crippen LogP contribution in [-0.2, 0) is 23.9 Å². The lowest BCUT2D eigenvalue weighted by atomic mass is 9.92. The largest absolute Gasteiger partial charge is 0.379 e. The minimum atomic E-state index is -0.472. The molecule has 7 heteroatoms. The lowest BCUT2D eigenvalue weighted by Crippen LogP contribution is -2.55. The van der Waals surface area contributed by atoms with Gasteiger partial charge in [-0.05, 0) is 18.9 Å². The van der Waals surface area contributed by atoms with Crippen LogP contribution in [0.3, 0.4) is 0 Å². The molecule has 0 heterocycles. The van der Waals surface area contributed by atoms with E-state index in [4.69, 9.17) is 9.47 Å². The van der Waals surface area contributed by atoms with Crippen LogP contribution in [0.1, 0.15) is 61.3 Å². The average molecular weight is 429 g/mol. The van der Waals surface area contributed by atoms with Gasteiger partial charge in [0.1, 0.15) is 5.78 Å². The highest BCUT2D eigenvalue weighted by atomic mass is 16.5. The third-order valence-corrected chi connectivity index (χ3v) is 5.09. The van der Waals surface area contributed by atoms with Gasteiger partial charge >= 0.3 is 0 Å². The molecule has 0 spiro atoms. The molecule has 0 bridgehead atoms. The van der Waals surface area contributed by atoms with Gasteiger partial charge in [0, 0.05) is 25.3 Å². The fourth-order valence-corrected chi connectivity index (χ4v) is 3.21. The van der Waals surface area contributed by atoms with Gasteiger partial charge in [-0.15, -0.1) is 0 Å². The molecule has 1 N–H and O–H groups in total. The monoisotopic (exact) mass is 428 g/mol. The predicted molar refractivity (Wildman–Crippen MR) is 119 cm³/mol. The number of ketones is 2. The number of carbonyl (C=O) groups excluding carboxylic acids is 3. The van der Waals surface area contributed by atoms with Gasteiger partial charge < -0.3 is 14.8 Å². The smallest absolute Gasteiger partial charge is 0.238 e. The molecule has 1 amide bonds. The standard InChI is InChI=1S/C23H44N2O5/c1-9-19(26)10-12-29-14-15-30-13-11-25(8)21(17(4)5)23(28)24-20(16(2)3)22(27)18(6)7/h16-18,20-21H,9-15H2,1-8H3,(H,24,28)/t20-,21-/m0/s1. The Hall–Kier alpha value is -1.31. The summed E-state index contributed by atoms with van der Waals surface area (Å²) in [6.45, 7) is 15.9. The van der Waals surface area contributed by atoms with Crippen molar-refractivity contribution in [1.29, 1.82) is 0 Å². The number of Topliss-reactive ketones (excluding diaryl/α,β-unsaturated/α-hetero) is 2. The van der Waals surface area contributed by atoms with E-state index in [1.807, 2.05) is 60.4 Å². The van der Waals surface area contributed by atoms with Crippen LogP contribution in [-0.4, -0.2) is 74.5 Å². The molecule has 0 saturated heterocycles. The van der Waals surface area contributed by atoms with Gasteiger partial charge in [0.25, 0.3) is 0 Å². The summed E-state index contributed by atoms with van der Waals surface area (Å²) in [6, 6.07) is -0.814. The fourth-order valence-electron chi connectivity index (χ4n) is 3.21. The van der Waals surface area contributed by atoms with Crippen molar-refractivity contribution in [3.05, 3.63) is 0 Å². The first-order chi connectivity index (χ1) is 14.0. The van der Waals surface area contributed by atoms with Crippen molar-refractivity contribution in [3.63, 3.8) is 0 Å². The number of likely N-dealkylation sites (N-methyl/N-ethyl adjacent to an activating group) is 1. The molecular formula is C23H44N2O5. The number of hydrogen-bond acceptors (Lipinski definition) is 6. The van der Waals surface area contributed by atoms with Gasteiger partial charge in [-0.2, -0.15) is 0 Å². The predicted octanol–water partition coefficient (Wildman–Crippen LogP) is 2.71. The first-order valence-electron chi connectivity index (χ1n) is 11.2.